The molecule has 12 heavy (non-hydrogen) atoms. The smallest absolute Gasteiger partial charge is 1.00 e. The first kappa shape index (κ1) is 36.0. The molecule has 0 radical (unpaired) electrons. The van der Waals surface area contributed by atoms with Gasteiger partial charge in [-0.2, -0.15) is 0 Å². The molecule has 0 bridgehead atoms. The standard InChI is InChI=1S/4FH.3K.Nb.2H2O2/c;;;;;;;;2*1-2/h4*1H;;;;;2*1-2H/q;;;;3*+1;+4;;/p-4. The first-order chi connectivity index (χ1) is 4.00. The summed E-state index contributed by atoms with van der Waals surface area (Å²) in [5.41, 5.74) is 0. The van der Waals surface area contributed by atoms with Crippen LogP contribution in [0.5, 0.6) is 0 Å². The molecule has 12 heteroatoms. The Kier molecular flexibility index (Phi) is 89.5. The van der Waals surface area contributed by atoms with E-state index in [0.717, 1.165) is 0 Å². The molecular weight excluding hydrogens is 350 g/mol. The summed E-state index contributed by atoms with van der Waals surface area (Å²) < 4.78 is 39.6. The second-order valence-electron chi connectivity index (χ2n) is 0.383. The number of halogens is 4. The normalized spacial score (nSPS) is 6.00. The molecule has 0 aromatic heterocycles. The predicted molar refractivity (Wildman–Crippen MR) is 14.9 cm³/mol. The van der Waals surface area contributed by atoms with Gasteiger partial charge >= 0.3 is 186 Å². The minimum absolute atomic E-state index is 0. The van der Waals surface area contributed by atoms with Crippen molar-refractivity contribution in [2.75, 3.05) is 0 Å². The monoisotopic (exact) mass is 354 g/mol. The van der Waals surface area contributed by atoms with Crippen molar-refractivity contribution < 1.29 is 207 Å². The minimum Gasteiger partial charge on any atom is 1.00 e. The van der Waals surface area contributed by atoms with Crippen LogP contribution in [0, 0.1) is 0 Å². The van der Waals surface area contributed by atoms with Gasteiger partial charge in [0.1, 0.15) is 0 Å². The largest absolute Gasteiger partial charge is 1.00 e. The zero-order valence-corrected chi connectivity index (χ0v) is 18.3. The second-order valence-corrected chi connectivity index (χ2v) is 2.27. The summed E-state index contributed by atoms with van der Waals surface area (Å²) in [5, 5.41) is 24.0. The molecule has 4 N–H and O–H groups in total. The molecule has 0 aromatic rings. The van der Waals surface area contributed by atoms with Gasteiger partial charge in [-0.15, -0.1) is 0 Å². The number of hydrogen-bond donors (Lipinski definition) is 4. The molecule has 0 rings (SSSR count). The maximum atomic E-state index is 9.89. The molecule has 0 spiro atoms. The Morgan fingerprint density at radius 2 is 0.583 bits per heavy atom. The summed E-state index contributed by atoms with van der Waals surface area (Å²) in [6, 6.07) is 0. The van der Waals surface area contributed by atoms with E-state index in [9.17, 15) is 12.1 Å². The Hall–Kier alpha value is 5.21. The van der Waals surface area contributed by atoms with E-state index in [1.54, 1.807) is 0 Å². The van der Waals surface area contributed by atoms with Crippen LogP contribution < -0.4 is 154 Å². The Bertz CT molecular complexity index is 37.8. The van der Waals surface area contributed by atoms with E-state index in [1.165, 1.54) is 0 Å². The van der Waals surface area contributed by atoms with Crippen molar-refractivity contribution in [1.82, 2.24) is 0 Å². The Morgan fingerprint density at radius 1 is 0.583 bits per heavy atom. The molecule has 0 saturated carbocycles. The van der Waals surface area contributed by atoms with Gasteiger partial charge < -0.3 is 0 Å². The van der Waals surface area contributed by atoms with Crippen molar-refractivity contribution in [3.8, 4) is 0 Å². The quantitative estimate of drug-likeness (QED) is 0.151. The van der Waals surface area contributed by atoms with Crippen LogP contribution >= 0.6 is 0 Å². The molecule has 0 aliphatic rings. The zero-order chi connectivity index (χ0) is 8.50. The topological polar surface area (TPSA) is 80.9 Å². The third-order valence-electron chi connectivity index (χ3n) is 0. The molecule has 0 aliphatic carbocycles. The van der Waals surface area contributed by atoms with Crippen molar-refractivity contribution in [1.29, 1.82) is 0 Å². The van der Waals surface area contributed by atoms with Crippen molar-refractivity contribution in [3.05, 3.63) is 0 Å². The van der Waals surface area contributed by atoms with E-state index in [2.05, 4.69) is 0 Å². The van der Waals surface area contributed by atoms with Crippen molar-refractivity contribution in [3.63, 3.8) is 0 Å². The minimum atomic E-state index is -7.10. The van der Waals surface area contributed by atoms with Crippen molar-refractivity contribution in [2.45, 2.75) is 0 Å². The van der Waals surface area contributed by atoms with Crippen molar-refractivity contribution in [2.24, 2.45) is 0 Å². The van der Waals surface area contributed by atoms with Crippen LogP contribution in [-0.4, -0.2) is 21.0 Å². The van der Waals surface area contributed by atoms with E-state index in [4.69, 9.17) is 21.0 Å². The Morgan fingerprint density at radius 3 is 0.583 bits per heavy atom. The molecule has 0 heterocycles. The fourth-order valence-electron chi connectivity index (χ4n) is 0. The second kappa shape index (κ2) is 29.8. The first-order valence-electron chi connectivity index (χ1n) is 1.08. The fourth-order valence-corrected chi connectivity index (χ4v) is 0. The van der Waals surface area contributed by atoms with Gasteiger partial charge in [-0.1, -0.05) is 0 Å². The summed E-state index contributed by atoms with van der Waals surface area (Å²) in [4.78, 5) is 0. The van der Waals surface area contributed by atoms with Crippen LogP contribution in [-0.2, 0) is 19.3 Å². The molecular formula is H4F4K3NbO4+3. The summed E-state index contributed by atoms with van der Waals surface area (Å²) in [6.07, 6.45) is 0. The van der Waals surface area contributed by atoms with Gasteiger partial charge in [0, 0.05) is 0 Å². The molecule has 0 atom stereocenters. The zero-order valence-electron chi connectivity index (χ0n) is 6.75. The average Bonchev–Trinajstić information content (AvgIpc) is 1.72. The van der Waals surface area contributed by atoms with Gasteiger partial charge in [-0.25, -0.2) is 0 Å². The van der Waals surface area contributed by atoms with Crippen LogP contribution in [0.4, 0.5) is 12.1 Å². The van der Waals surface area contributed by atoms with Crippen LogP contribution in [0.2, 0.25) is 0 Å². The SMILES string of the molecule is OO.OO.[F][Nb]([F])([F])[F].[K+].[K+].[K+]. The first-order valence-corrected chi connectivity index (χ1v) is 4.40. The van der Waals surface area contributed by atoms with Gasteiger partial charge in [0.25, 0.3) is 0 Å². The van der Waals surface area contributed by atoms with Crippen LogP contribution in [0.15, 0.2) is 0 Å². The molecule has 0 amide bonds. The van der Waals surface area contributed by atoms with Crippen LogP contribution in [0.25, 0.3) is 0 Å². The van der Waals surface area contributed by atoms with Gasteiger partial charge in [0.05, 0.1) is 0 Å². The fraction of sp³-hybridized carbons (Fsp3) is 0. The third kappa shape index (κ3) is 113. The van der Waals surface area contributed by atoms with Gasteiger partial charge in [-0.05, 0) is 0 Å². The van der Waals surface area contributed by atoms with E-state index in [1.807, 2.05) is 0 Å². The third-order valence-corrected chi connectivity index (χ3v) is 0. The molecule has 0 fully saturated rings. The van der Waals surface area contributed by atoms with Crippen molar-refractivity contribution >= 4 is 0 Å². The van der Waals surface area contributed by atoms with E-state index >= 15 is 0 Å². The van der Waals surface area contributed by atoms with Crippen LogP contribution in [0.1, 0.15) is 0 Å². The van der Waals surface area contributed by atoms with E-state index in [-0.39, 0.29) is 154 Å². The predicted octanol–water partition coefficient (Wildman–Crippen LogP) is -7.27. The van der Waals surface area contributed by atoms with E-state index in [0.29, 0.717) is 0 Å². The van der Waals surface area contributed by atoms with Gasteiger partial charge in [0.2, 0.25) is 0 Å². The molecule has 0 unspecified atom stereocenters. The molecule has 0 aliphatic heterocycles. The molecule has 4 nitrogen and oxygen atoms in total. The Labute approximate surface area is 200 Å². The number of rotatable bonds is 0. The van der Waals surface area contributed by atoms with E-state index < -0.39 is 19.3 Å². The summed E-state index contributed by atoms with van der Waals surface area (Å²) >= 11 is -7.10. The van der Waals surface area contributed by atoms with Gasteiger partial charge in [-0.3, -0.25) is 21.0 Å². The van der Waals surface area contributed by atoms with Crippen LogP contribution in [0.3, 0.4) is 0 Å². The molecule has 0 aromatic carbocycles. The average molecular weight is 354 g/mol. The molecule has 61 valence electrons. The summed E-state index contributed by atoms with van der Waals surface area (Å²) in [6.45, 7) is 0. The molecule has 0 saturated heterocycles. The Balaban J connectivity index is -0.0000000116. The maximum Gasteiger partial charge on any atom is 1.00 e. The number of hydrogen-bond acceptors (Lipinski definition) is 4. The summed E-state index contributed by atoms with van der Waals surface area (Å²) in [5.74, 6) is 0. The summed E-state index contributed by atoms with van der Waals surface area (Å²) in [7, 11) is 0. The maximum absolute atomic E-state index is 9.89. The van der Waals surface area contributed by atoms with Gasteiger partial charge in [0.15, 0.2) is 0 Å².